The van der Waals surface area contributed by atoms with E-state index in [1.807, 2.05) is 18.2 Å². The van der Waals surface area contributed by atoms with Crippen molar-refractivity contribution in [3.05, 3.63) is 85.1 Å². The molecule has 1 fully saturated rings. The number of aliphatic hydroxyl groups excluding tert-OH is 5. The van der Waals surface area contributed by atoms with E-state index in [0.717, 1.165) is 77.0 Å². The second-order valence-corrected chi connectivity index (χ2v) is 15.5. The Balaban J connectivity index is 2.57. The standard InChI is InChI=1S/C44H71O13P/c1-3-5-7-9-11-13-15-16-17-18-19-20-21-22-23-25-27-29-31-33-38(46)56-36(34-54-37(45)32-30-28-26-24-14-12-10-8-6-4-2)35-55-58(52,53)57-44-42(50)40(48)39(47)41(49)43(44)51/h5,7-8,10-11,13,16-17,19-20,22-23,27,29,36,39-44,47-51H,3-4,6,9,12,14-15,18,21,24-26,28,30-35H2,1-2H3,(H,52,53)/b7-5-,10-8-,13-11-,17-16-,20-19-,23-22-,29-27-. The molecule has 6 atom stereocenters. The van der Waals surface area contributed by atoms with Crippen molar-refractivity contribution >= 4 is 19.8 Å². The monoisotopic (exact) mass is 838 g/mol. The lowest BCUT2D eigenvalue weighted by Crippen LogP contribution is -2.64. The molecule has 0 aromatic carbocycles. The zero-order chi connectivity index (χ0) is 42.9. The van der Waals surface area contributed by atoms with E-state index in [1.165, 1.54) is 0 Å². The number of allylic oxidation sites excluding steroid dienone is 14. The number of phosphoric ester groups is 1. The van der Waals surface area contributed by atoms with Gasteiger partial charge in [-0.05, 0) is 70.6 Å². The molecule has 0 aromatic heterocycles. The second kappa shape index (κ2) is 33.8. The van der Waals surface area contributed by atoms with Crippen molar-refractivity contribution in [2.75, 3.05) is 13.2 Å². The van der Waals surface area contributed by atoms with Crippen molar-refractivity contribution in [3.8, 4) is 0 Å². The molecule has 0 radical (unpaired) electrons. The van der Waals surface area contributed by atoms with Crippen LogP contribution in [0, 0.1) is 0 Å². The quantitative estimate of drug-likeness (QED) is 0.0170. The zero-order valence-corrected chi connectivity index (χ0v) is 35.4. The molecule has 0 heterocycles. The summed E-state index contributed by atoms with van der Waals surface area (Å²) >= 11 is 0. The third-order valence-electron chi connectivity index (χ3n) is 8.97. The summed E-state index contributed by atoms with van der Waals surface area (Å²) in [6.45, 7) is 3.01. The molecule has 0 aliphatic heterocycles. The van der Waals surface area contributed by atoms with Crippen LogP contribution in [0.5, 0.6) is 0 Å². The number of ether oxygens (including phenoxy) is 2. The summed E-state index contributed by atoms with van der Waals surface area (Å²) in [5.41, 5.74) is 0. The first-order valence-electron chi connectivity index (χ1n) is 20.9. The first-order valence-corrected chi connectivity index (χ1v) is 22.4. The van der Waals surface area contributed by atoms with Crippen molar-refractivity contribution in [2.45, 2.75) is 166 Å². The summed E-state index contributed by atoms with van der Waals surface area (Å²) in [4.78, 5) is 35.5. The molecule has 6 N–H and O–H groups in total. The van der Waals surface area contributed by atoms with Crippen LogP contribution in [0.4, 0.5) is 0 Å². The third kappa shape index (κ3) is 26.2. The molecular formula is C44H71O13P. The number of hydrogen-bond acceptors (Lipinski definition) is 12. The lowest BCUT2D eigenvalue weighted by molar-refractivity contribution is -0.220. The molecule has 1 aliphatic rings. The van der Waals surface area contributed by atoms with Gasteiger partial charge in [0.15, 0.2) is 6.10 Å². The summed E-state index contributed by atoms with van der Waals surface area (Å²) in [6.07, 6.45) is 29.6. The maximum atomic E-state index is 12.8. The number of phosphoric acid groups is 1. The predicted molar refractivity (Wildman–Crippen MR) is 225 cm³/mol. The van der Waals surface area contributed by atoms with E-state index in [2.05, 4.69) is 80.7 Å². The highest BCUT2D eigenvalue weighted by molar-refractivity contribution is 7.47. The zero-order valence-electron chi connectivity index (χ0n) is 34.5. The average Bonchev–Trinajstić information content (AvgIpc) is 3.20. The molecule has 0 spiro atoms. The summed E-state index contributed by atoms with van der Waals surface area (Å²) in [7, 11) is -5.14. The van der Waals surface area contributed by atoms with Gasteiger partial charge in [0, 0.05) is 12.8 Å². The molecule has 13 nitrogen and oxygen atoms in total. The van der Waals surface area contributed by atoms with Crippen LogP contribution in [0.15, 0.2) is 85.1 Å². The van der Waals surface area contributed by atoms with Crippen molar-refractivity contribution in [2.24, 2.45) is 0 Å². The van der Waals surface area contributed by atoms with Crippen molar-refractivity contribution in [1.29, 1.82) is 0 Å². The highest BCUT2D eigenvalue weighted by atomic mass is 31.2. The Labute approximate surface area is 346 Å². The van der Waals surface area contributed by atoms with Crippen LogP contribution in [0.1, 0.15) is 123 Å². The predicted octanol–water partition coefficient (Wildman–Crippen LogP) is 7.33. The molecule has 0 amide bonds. The molecule has 0 saturated heterocycles. The Bertz CT molecular complexity index is 1340. The van der Waals surface area contributed by atoms with Gasteiger partial charge in [-0.25, -0.2) is 4.57 Å². The molecule has 1 aliphatic carbocycles. The maximum Gasteiger partial charge on any atom is 0.472 e. The first kappa shape index (κ1) is 53.0. The molecule has 0 bridgehead atoms. The van der Waals surface area contributed by atoms with E-state index in [1.54, 1.807) is 0 Å². The van der Waals surface area contributed by atoms with Gasteiger partial charge in [0.1, 0.15) is 43.2 Å². The van der Waals surface area contributed by atoms with Gasteiger partial charge >= 0.3 is 19.8 Å². The Hall–Kier alpha value is -2.97. The SMILES string of the molecule is CC/C=C\C/C=C\C/C=C\C/C=C\C/C=C\C/C=C\CCC(=O)OC(COC(=O)CCCCCCC/C=C\CCC)COP(=O)(O)OC1C(O)C(O)C(O)C(O)C1O. The van der Waals surface area contributed by atoms with E-state index in [9.17, 15) is 44.6 Å². The number of esters is 2. The highest BCUT2D eigenvalue weighted by Gasteiger charge is 2.51. The lowest BCUT2D eigenvalue weighted by atomic mass is 9.85. The van der Waals surface area contributed by atoms with Crippen molar-refractivity contribution in [1.82, 2.24) is 0 Å². The van der Waals surface area contributed by atoms with Crippen LogP contribution in [0.2, 0.25) is 0 Å². The maximum absolute atomic E-state index is 12.8. The average molecular weight is 839 g/mol. The Kier molecular flexibility index (Phi) is 30.9. The third-order valence-corrected chi connectivity index (χ3v) is 9.95. The molecule has 0 aromatic rings. The van der Waals surface area contributed by atoms with Gasteiger partial charge in [0.25, 0.3) is 0 Å². The molecular weight excluding hydrogens is 767 g/mol. The Morgan fingerprint density at radius 1 is 0.552 bits per heavy atom. The van der Waals surface area contributed by atoms with Crippen LogP contribution in [-0.2, 0) is 32.7 Å². The van der Waals surface area contributed by atoms with Crippen molar-refractivity contribution < 1.29 is 63.1 Å². The van der Waals surface area contributed by atoms with Crippen molar-refractivity contribution in [3.63, 3.8) is 0 Å². The summed E-state index contributed by atoms with van der Waals surface area (Å²) in [5.74, 6) is -1.22. The van der Waals surface area contributed by atoms with Gasteiger partial charge in [0.05, 0.1) is 6.61 Å². The fourth-order valence-corrected chi connectivity index (χ4v) is 6.58. The van der Waals surface area contributed by atoms with Gasteiger partial charge < -0.3 is 39.9 Å². The molecule has 1 saturated carbocycles. The topological polar surface area (TPSA) is 210 Å². The minimum atomic E-state index is -5.14. The van der Waals surface area contributed by atoms with E-state index in [0.29, 0.717) is 19.3 Å². The molecule has 14 heteroatoms. The largest absolute Gasteiger partial charge is 0.472 e. The van der Waals surface area contributed by atoms with Crippen LogP contribution in [-0.4, -0.2) is 98.3 Å². The normalized spacial score (nSPS) is 23.4. The second-order valence-electron chi connectivity index (χ2n) is 14.1. The first-order chi connectivity index (χ1) is 27.9. The Morgan fingerprint density at radius 3 is 1.57 bits per heavy atom. The molecule has 6 unspecified atom stereocenters. The fourth-order valence-electron chi connectivity index (χ4n) is 5.61. The number of aliphatic hydroxyl groups is 5. The fraction of sp³-hybridized carbons (Fsp3) is 0.636. The molecule has 58 heavy (non-hydrogen) atoms. The van der Waals surface area contributed by atoms with Crippen LogP contribution < -0.4 is 0 Å². The van der Waals surface area contributed by atoms with Crippen LogP contribution in [0.25, 0.3) is 0 Å². The summed E-state index contributed by atoms with van der Waals surface area (Å²) < 4.78 is 33.3. The number of carbonyl (C=O) groups excluding carboxylic acids is 2. The van der Waals surface area contributed by atoms with E-state index in [-0.39, 0.29) is 12.8 Å². The lowest BCUT2D eigenvalue weighted by Gasteiger charge is -2.41. The van der Waals surface area contributed by atoms with Crippen LogP contribution >= 0.6 is 7.82 Å². The van der Waals surface area contributed by atoms with Gasteiger partial charge in [-0.1, -0.05) is 125 Å². The van der Waals surface area contributed by atoms with E-state index in [4.69, 9.17) is 18.5 Å². The molecule has 330 valence electrons. The van der Waals surface area contributed by atoms with Gasteiger partial charge in [0.2, 0.25) is 0 Å². The minimum Gasteiger partial charge on any atom is -0.462 e. The highest BCUT2D eigenvalue weighted by Crippen LogP contribution is 2.47. The number of rotatable bonds is 32. The van der Waals surface area contributed by atoms with Crippen LogP contribution in [0.3, 0.4) is 0 Å². The number of carbonyl (C=O) groups is 2. The minimum absolute atomic E-state index is 0.0349. The number of unbranched alkanes of at least 4 members (excludes halogenated alkanes) is 6. The van der Waals surface area contributed by atoms with Gasteiger partial charge in [-0.15, -0.1) is 0 Å². The number of hydrogen-bond donors (Lipinski definition) is 6. The van der Waals surface area contributed by atoms with Gasteiger partial charge in [-0.2, -0.15) is 0 Å². The summed E-state index contributed by atoms with van der Waals surface area (Å²) in [6, 6.07) is 0. The smallest absolute Gasteiger partial charge is 0.462 e. The molecule has 1 rings (SSSR count). The van der Waals surface area contributed by atoms with E-state index < -0.39 is 75.7 Å². The Morgan fingerprint density at radius 2 is 1.02 bits per heavy atom. The van der Waals surface area contributed by atoms with E-state index >= 15 is 0 Å². The van der Waals surface area contributed by atoms with Gasteiger partial charge in [-0.3, -0.25) is 18.6 Å². The summed E-state index contributed by atoms with van der Waals surface area (Å²) in [5, 5.41) is 50.0.